The minimum atomic E-state index is -2.85. The molecule has 0 atom stereocenters. The van der Waals surface area contributed by atoms with Gasteiger partial charge in [-0.15, -0.1) is 11.6 Å². The van der Waals surface area contributed by atoms with Gasteiger partial charge in [0.2, 0.25) is 0 Å². The number of ether oxygens (including phenoxy) is 1. The van der Waals surface area contributed by atoms with E-state index in [0.29, 0.717) is 5.56 Å². The number of aliphatic carboxylic acids is 1. The Kier molecular flexibility index (Phi) is 4.62. The van der Waals surface area contributed by atoms with Crippen LogP contribution in [0.25, 0.3) is 0 Å². The predicted molar refractivity (Wildman–Crippen MR) is 56.6 cm³/mol. The number of aromatic nitrogens is 1. The zero-order valence-corrected chi connectivity index (χ0v) is 9.67. The van der Waals surface area contributed by atoms with Gasteiger partial charge in [0.25, 0.3) is 6.43 Å². The largest absolute Gasteiger partial charge is 0.494 e. The molecule has 17 heavy (non-hydrogen) atoms. The maximum absolute atomic E-state index is 12.7. The van der Waals surface area contributed by atoms with Crippen molar-refractivity contribution in [3.05, 3.63) is 23.0 Å². The van der Waals surface area contributed by atoms with Gasteiger partial charge in [-0.2, -0.15) is 0 Å². The number of nitrogens with zero attached hydrogens (tertiary/aromatic N) is 1. The molecule has 1 aromatic rings. The Hall–Kier alpha value is -1.43. The predicted octanol–water partition coefficient (Wildman–Crippen LogP) is 2.39. The van der Waals surface area contributed by atoms with Gasteiger partial charge in [-0.05, 0) is 6.07 Å². The van der Waals surface area contributed by atoms with Crippen LogP contribution in [0, 0.1) is 0 Å². The highest BCUT2D eigenvalue weighted by Crippen LogP contribution is 2.32. The second-order valence-corrected chi connectivity index (χ2v) is 3.46. The van der Waals surface area contributed by atoms with Crippen molar-refractivity contribution in [3.8, 4) is 5.75 Å². The van der Waals surface area contributed by atoms with Crippen LogP contribution < -0.4 is 4.74 Å². The fraction of sp³-hybridized carbons (Fsp3) is 0.400. The van der Waals surface area contributed by atoms with Gasteiger partial charge in [0.05, 0.1) is 25.1 Å². The van der Waals surface area contributed by atoms with E-state index < -0.39 is 24.5 Å². The van der Waals surface area contributed by atoms with Gasteiger partial charge in [0.15, 0.2) is 5.75 Å². The molecule has 0 saturated heterocycles. The van der Waals surface area contributed by atoms with Gasteiger partial charge in [-0.3, -0.25) is 4.79 Å². The quantitative estimate of drug-likeness (QED) is 0.831. The van der Waals surface area contributed by atoms with E-state index >= 15 is 0 Å². The number of hydrogen-bond donors (Lipinski definition) is 1. The van der Waals surface area contributed by atoms with Gasteiger partial charge >= 0.3 is 5.97 Å². The summed E-state index contributed by atoms with van der Waals surface area (Å²) in [5.41, 5.74) is -0.248. The zero-order valence-electron chi connectivity index (χ0n) is 8.91. The number of rotatable bonds is 5. The fourth-order valence-corrected chi connectivity index (χ4v) is 1.60. The summed E-state index contributed by atoms with van der Waals surface area (Å²) in [6, 6.07) is 1.35. The summed E-state index contributed by atoms with van der Waals surface area (Å²) in [5.74, 6) is -1.30. The van der Waals surface area contributed by atoms with Crippen LogP contribution in [0.2, 0.25) is 0 Å². The van der Waals surface area contributed by atoms with Crippen LogP contribution in [0.4, 0.5) is 8.78 Å². The van der Waals surface area contributed by atoms with Crippen LogP contribution in [0.15, 0.2) is 6.07 Å². The molecule has 0 radical (unpaired) electrons. The Labute approximate surface area is 101 Å². The summed E-state index contributed by atoms with van der Waals surface area (Å²) in [4.78, 5) is 14.1. The van der Waals surface area contributed by atoms with E-state index in [0.717, 1.165) is 0 Å². The summed E-state index contributed by atoms with van der Waals surface area (Å²) in [6.07, 6.45) is -3.28. The van der Waals surface area contributed by atoms with Crippen molar-refractivity contribution in [2.45, 2.75) is 18.7 Å². The second kappa shape index (κ2) is 5.77. The van der Waals surface area contributed by atoms with Crippen LogP contribution in [-0.4, -0.2) is 23.2 Å². The lowest BCUT2D eigenvalue weighted by atomic mass is 10.1. The summed E-state index contributed by atoms with van der Waals surface area (Å²) in [5, 5.41) is 8.59. The summed E-state index contributed by atoms with van der Waals surface area (Å²) < 4.78 is 30.2. The maximum atomic E-state index is 12.7. The number of halogens is 3. The Morgan fingerprint density at radius 1 is 1.65 bits per heavy atom. The van der Waals surface area contributed by atoms with Crippen molar-refractivity contribution in [2.24, 2.45) is 0 Å². The maximum Gasteiger partial charge on any atom is 0.309 e. The molecular formula is C10H10ClF2NO3. The summed E-state index contributed by atoms with van der Waals surface area (Å²) >= 11 is 5.60. The van der Waals surface area contributed by atoms with Crippen molar-refractivity contribution >= 4 is 17.6 Å². The molecule has 0 bridgehead atoms. The topological polar surface area (TPSA) is 59.4 Å². The van der Waals surface area contributed by atoms with Crippen LogP contribution in [-0.2, 0) is 17.1 Å². The molecule has 1 N–H and O–H groups in total. The molecule has 0 aromatic carbocycles. The van der Waals surface area contributed by atoms with Crippen LogP contribution in [0.5, 0.6) is 5.75 Å². The normalized spacial score (nSPS) is 10.6. The first kappa shape index (κ1) is 13.6. The van der Waals surface area contributed by atoms with Crippen molar-refractivity contribution in [1.29, 1.82) is 0 Å². The number of hydrogen-bond acceptors (Lipinski definition) is 3. The lowest BCUT2D eigenvalue weighted by Crippen LogP contribution is -2.08. The monoisotopic (exact) mass is 265 g/mol. The van der Waals surface area contributed by atoms with Gasteiger partial charge < -0.3 is 9.84 Å². The molecule has 0 spiro atoms. The molecule has 0 aliphatic rings. The standard InChI is InChI=1S/C10H10ClF2NO3/c1-17-9-5(4-11)2-6(3-7(15)16)14-8(9)10(12)13/h2,10H,3-4H2,1H3,(H,15,16). The number of pyridine rings is 1. The summed E-state index contributed by atoms with van der Waals surface area (Å²) in [6.45, 7) is 0. The Morgan fingerprint density at radius 3 is 2.71 bits per heavy atom. The fourth-order valence-electron chi connectivity index (χ4n) is 1.40. The summed E-state index contributed by atoms with van der Waals surface area (Å²) in [7, 11) is 1.23. The van der Waals surface area contributed by atoms with Crippen molar-refractivity contribution in [3.63, 3.8) is 0 Å². The molecule has 1 rings (SSSR count). The third-order valence-electron chi connectivity index (χ3n) is 2.02. The van der Waals surface area contributed by atoms with Gasteiger partial charge in [0, 0.05) is 5.56 Å². The minimum Gasteiger partial charge on any atom is -0.494 e. The number of carbonyl (C=O) groups is 1. The first-order valence-corrected chi connectivity index (χ1v) is 5.15. The Morgan fingerprint density at radius 2 is 2.29 bits per heavy atom. The molecule has 0 amide bonds. The van der Waals surface area contributed by atoms with E-state index in [2.05, 4.69) is 4.98 Å². The van der Waals surface area contributed by atoms with Crippen LogP contribution in [0.3, 0.4) is 0 Å². The van der Waals surface area contributed by atoms with E-state index in [9.17, 15) is 13.6 Å². The van der Waals surface area contributed by atoms with Gasteiger partial charge in [-0.1, -0.05) is 0 Å². The Balaban J connectivity index is 3.29. The molecule has 0 unspecified atom stereocenters. The van der Waals surface area contributed by atoms with Crippen LogP contribution in [0.1, 0.15) is 23.4 Å². The smallest absolute Gasteiger partial charge is 0.309 e. The number of methoxy groups -OCH3 is 1. The molecule has 0 saturated carbocycles. The minimum absolute atomic E-state index is 0.0317. The first-order chi connectivity index (χ1) is 7.99. The molecule has 1 heterocycles. The molecule has 94 valence electrons. The zero-order chi connectivity index (χ0) is 13.0. The van der Waals surface area contributed by atoms with Crippen molar-refractivity contribution in [2.75, 3.05) is 7.11 Å². The molecular weight excluding hydrogens is 256 g/mol. The van der Waals surface area contributed by atoms with Gasteiger partial charge in [-0.25, -0.2) is 13.8 Å². The third-order valence-corrected chi connectivity index (χ3v) is 2.30. The number of carboxylic acids is 1. The highest BCUT2D eigenvalue weighted by molar-refractivity contribution is 6.17. The first-order valence-electron chi connectivity index (χ1n) is 4.62. The average molecular weight is 266 g/mol. The van der Waals surface area contributed by atoms with E-state index in [1.54, 1.807) is 0 Å². The molecule has 0 aliphatic heterocycles. The molecule has 7 heteroatoms. The molecule has 0 aliphatic carbocycles. The van der Waals surface area contributed by atoms with E-state index in [1.165, 1.54) is 13.2 Å². The lowest BCUT2D eigenvalue weighted by molar-refractivity contribution is -0.136. The molecule has 1 aromatic heterocycles. The Bertz CT molecular complexity index is 426. The number of alkyl halides is 3. The molecule has 0 fully saturated rings. The van der Waals surface area contributed by atoms with E-state index in [-0.39, 0.29) is 17.3 Å². The van der Waals surface area contributed by atoms with E-state index in [4.69, 9.17) is 21.4 Å². The second-order valence-electron chi connectivity index (χ2n) is 3.20. The van der Waals surface area contributed by atoms with Gasteiger partial charge in [0.1, 0.15) is 5.69 Å². The van der Waals surface area contributed by atoms with Crippen molar-refractivity contribution in [1.82, 2.24) is 4.98 Å². The van der Waals surface area contributed by atoms with Crippen molar-refractivity contribution < 1.29 is 23.4 Å². The van der Waals surface area contributed by atoms with Crippen LogP contribution >= 0.6 is 11.6 Å². The van der Waals surface area contributed by atoms with E-state index in [1.807, 2.05) is 0 Å². The highest BCUT2D eigenvalue weighted by Gasteiger charge is 2.21. The number of carboxylic acid groups (broad SMARTS) is 1. The average Bonchev–Trinajstić information content (AvgIpc) is 2.26. The highest BCUT2D eigenvalue weighted by atomic mass is 35.5. The SMILES string of the molecule is COc1c(CCl)cc(CC(=O)O)nc1C(F)F. The molecule has 4 nitrogen and oxygen atoms in total. The lowest BCUT2D eigenvalue weighted by Gasteiger charge is -2.12. The third kappa shape index (κ3) is 3.26.